The zero-order chi connectivity index (χ0) is 18.8. The normalized spacial score (nSPS) is 10.8. The number of hydrogen-bond acceptors (Lipinski definition) is 6. The molecule has 0 unspecified atom stereocenters. The third-order valence-corrected chi connectivity index (χ3v) is 4.42. The van der Waals surface area contributed by atoms with E-state index in [1.165, 1.54) is 0 Å². The van der Waals surface area contributed by atoms with Crippen LogP contribution in [0.15, 0.2) is 59.4 Å². The molecule has 6 nitrogen and oxygen atoms in total. The van der Waals surface area contributed by atoms with Crippen molar-refractivity contribution in [2.24, 2.45) is 0 Å². The Morgan fingerprint density at radius 3 is 2.33 bits per heavy atom. The molecule has 27 heavy (non-hydrogen) atoms. The molecule has 0 aliphatic heterocycles. The molecule has 0 radical (unpaired) electrons. The summed E-state index contributed by atoms with van der Waals surface area (Å²) in [6, 6.07) is 13.7. The number of aromatic nitrogens is 2. The molecule has 0 bridgehead atoms. The Hall–Kier alpha value is -3.54. The summed E-state index contributed by atoms with van der Waals surface area (Å²) in [4.78, 5) is 4.42. The van der Waals surface area contributed by atoms with Crippen LogP contribution in [0.2, 0.25) is 0 Å². The number of nitrogens with zero attached hydrogens (tertiary/aromatic N) is 2. The maximum absolute atomic E-state index is 5.45. The SMILES string of the molecule is COc1cc(-c2nocc2-c2ccc3cccnc3c2)cc(OC)c1OC. The Bertz CT molecular complexity index is 1080. The topological polar surface area (TPSA) is 66.6 Å². The first-order valence-electron chi connectivity index (χ1n) is 8.35. The first kappa shape index (κ1) is 16.9. The first-order valence-corrected chi connectivity index (χ1v) is 8.35. The molecule has 0 atom stereocenters. The minimum atomic E-state index is 0.531. The van der Waals surface area contributed by atoms with E-state index in [9.17, 15) is 0 Å². The zero-order valence-corrected chi connectivity index (χ0v) is 15.2. The van der Waals surface area contributed by atoms with Crippen LogP contribution in [0.25, 0.3) is 33.3 Å². The standard InChI is InChI=1S/C21H18N2O4/c1-24-18-10-15(11-19(25-2)21(18)26-3)20-16(12-27-23-20)14-7-6-13-5-4-8-22-17(13)9-14/h4-12H,1-3H3. The number of fused-ring (bicyclic) bond motifs is 1. The van der Waals surface area contributed by atoms with Crippen molar-refractivity contribution < 1.29 is 18.7 Å². The minimum absolute atomic E-state index is 0.531. The fourth-order valence-corrected chi connectivity index (χ4v) is 3.10. The molecule has 0 aliphatic rings. The van der Waals surface area contributed by atoms with E-state index in [4.69, 9.17) is 18.7 Å². The van der Waals surface area contributed by atoms with Gasteiger partial charge < -0.3 is 18.7 Å². The molecule has 2 aromatic carbocycles. The van der Waals surface area contributed by atoms with Gasteiger partial charge in [0.05, 0.1) is 26.8 Å². The lowest BCUT2D eigenvalue weighted by molar-refractivity contribution is 0.324. The lowest BCUT2D eigenvalue weighted by Gasteiger charge is -2.13. The maximum Gasteiger partial charge on any atom is 0.203 e. The number of ether oxygens (including phenoxy) is 3. The van der Waals surface area contributed by atoms with Crippen molar-refractivity contribution in [3.8, 4) is 39.6 Å². The van der Waals surface area contributed by atoms with E-state index < -0.39 is 0 Å². The van der Waals surface area contributed by atoms with E-state index in [0.29, 0.717) is 22.9 Å². The highest BCUT2D eigenvalue weighted by molar-refractivity contribution is 5.88. The number of hydrogen-bond donors (Lipinski definition) is 0. The van der Waals surface area contributed by atoms with E-state index >= 15 is 0 Å². The molecule has 0 aliphatic carbocycles. The van der Waals surface area contributed by atoms with Crippen LogP contribution in [0.3, 0.4) is 0 Å². The molecule has 4 aromatic rings. The van der Waals surface area contributed by atoms with Gasteiger partial charge in [0.2, 0.25) is 5.75 Å². The van der Waals surface area contributed by atoms with Crippen molar-refractivity contribution in [3.05, 3.63) is 54.9 Å². The summed E-state index contributed by atoms with van der Waals surface area (Å²) in [7, 11) is 4.74. The van der Waals surface area contributed by atoms with Gasteiger partial charge in [-0.15, -0.1) is 0 Å². The third-order valence-electron chi connectivity index (χ3n) is 4.42. The highest BCUT2D eigenvalue weighted by Gasteiger charge is 2.19. The lowest BCUT2D eigenvalue weighted by atomic mass is 10.00. The average Bonchev–Trinajstić information content (AvgIpc) is 3.22. The number of pyridine rings is 1. The van der Waals surface area contributed by atoms with E-state index in [1.807, 2.05) is 42.5 Å². The molecule has 6 heteroatoms. The summed E-state index contributed by atoms with van der Waals surface area (Å²) in [5, 5.41) is 5.28. The molecule has 0 amide bonds. The summed E-state index contributed by atoms with van der Waals surface area (Å²) in [6.07, 6.45) is 3.41. The van der Waals surface area contributed by atoms with E-state index in [1.54, 1.807) is 33.8 Å². The van der Waals surface area contributed by atoms with Crippen LogP contribution in [0.1, 0.15) is 0 Å². The van der Waals surface area contributed by atoms with E-state index in [0.717, 1.165) is 27.6 Å². The molecule has 0 fully saturated rings. The van der Waals surface area contributed by atoms with Crippen LogP contribution in [-0.4, -0.2) is 31.5 Å². The molecular formula is C21H18N2O4. The van der Waals surface area contributed by atoms with Crippen molar-refractivity contribution in [3.63, 3.8) is 0 Å². The molecule has 2 heterocycles. The summed E-state index contributed by atoms with van der Waals surface area (Å²) in [6.45, 7) is 0. The molecule has 136 valence electrons. The van der Waals surface area contributed by atoms with Gasteiger partial charge in [0.15, 0.2) is 11.5 Å². The Balaban J connectivity index is 1.86. The quantitative estimate of drug-likeness (QED) is 0.518. The fourth-order valence-electron chi connectivity index (χ4n) is 3.10. The highest BCUT2D eigenvalue weighted by Crippen LogP contribution is 2.43. The smallest absolute Gasteiger partial charge is 0.203 e. The van der Waals surface area contributed by atoms with Crippen LogP contribution in [-0.2, 0) is 0 Å². The second kappa shape index (κ2) is 6.99. The molecule has 0 saturated heterocycles. The van der Waals surface area contributed by atoms with Gasteiger partial charge in [-0.05, 0) is 29.8 Å². The van der Waals surface area contributed by atoms with Crippen molar-refractivity contribution in [2.75, 3.05) is 21.3 Å². The molecule has 4 rings (SSSR count). The number of rotatable bonds is 5. The van der Waals surface area contributed by atoms with Crippen molar-refractivity contribution in [1.29, 1.82) is 0 Å². The van der Waals surface area contributed by atoms with Gasteiger partial charge in [-0.25, -0.2) is 0 Å². The van der Waals surface area contributed by atoms with E-state index in [-0.39, 0.29) is 0 Å². The van der Waals surface area contributed by atoms with Crippen molar-refractivity contribution >= 4 is 10.9 Å². The minimum Gasteiger partial charge on any atom is -0.493 e. The lowest BCUT2D eigenvalue weighted by Crippen LogP contribution is -1.96. The predicted octanol–water partition coefficient (Wildman–Crippen LogP) is 4.58. The van der Waals surface area contributed by atoms with Crippen molar-refractivity contribution in [2.45, 2.75) is 0 Å². The molecule has 0 spiro atoms. The van der Waals surface area contributed by atoms with Gasteiger partial charge in [-0.2, -0.15) is 0 Å². The van der Waals surface area contributed by atoms with Crippen molar-refractivity contribution in [1.82, 2.24) is 10.1 Å². The van der Waals surface area contributed by atoms with Crippen LogP contribution < -0.4 is 14.2 Å². The number of methoxy groups -OCH3 is 3. The third kappa shape index (κ3) is 2.95. The van der Waals surface area contributed by atoms with Gasteiger partial charge in [0, 0.05) is 22.7 Å². The van der Waals surface area contributed by atoms with Crippen LogP contribution in [0.5, 0.6) is 17.2 Å². The number of benzene rings is 2. The second-order valence-electron chi connectivity index (χ2n) is 5.90. The Morgan fingerprint density at radius 1 is 0.852 bits per heavy atom. The molecule has 2 aromatic heterocycles. The average molecular weight is 362 g/mol. The van der Waals surface area contributed by atoms with Gasteiger partial charge in [0.1, 0.15) is 12.0 Å². The van der Waals surface area contributed by atoms with E-state index in [2.05, 4.69) is 10.1 Å². The second-order valence-corrected chi connectivity index (χ2v) is 5.90. The van der Waals surface area contributed by atoms with Gasteiger partial charge in [-0.3, -0.25) is 4.98 Å². The van der Waals surface area contributed by atoms with Crippen LogP contribution in [0.4, 0.5) is 0 Å². The van der Waals surface area contributed by atoms with Gasteiger partial charge in [-0.1, -0.05) is 23.4 Å². The monoisotopic (exact) mass is 362 g/mol. The maximum atomic E-state index is 5.45. The zero-order valence-electron chi connectivity index (χ0n) is 15.2. The first-order chi connectivity index (χ1) is 13.2. The summed E-state index contributed by atoms with van der Waals surface area (Å²) in [5.74, 6) is 1.64. The Kier molecular flexibility index (Phi) is 4.38. The molecule has 0 saturated carbocycles. The van der Waals surface area contributed by atoms with Gasteiger partial charge in [0.25, 0.3) is 0 Å². The molecule has 0 N–H and O–H groups in total. The Morgan fingerprint density at radius 2 is 1.63 bits per heavy atom. The summed E-state index contributed by atoms with van der Waals surface area (Å²) < 4.78 is 21.6. The predicted molar refractivity (Wildman–Crippen MR) is 102 cm³/mol. The highest BCUT2D eigenvalue weighted by atomic mass is 16.5. The van der Waals surface area contributed by atoms with Crippen LogP contribution >= 0.6 is 0 Å². The largest absolute Gasteiger partial charge is 0.493 e. The Labute approximate surface area is 156 Å². The fraction of sp³-hybridized carbons (Fsp3) is 0.143. The molecular weight excluding hydrogens is 344 g/mol. The summed E-state index contributed by atoms with van der Waals surface area (Å²) >= 11 is 0. The summed E-state index contributed by atoms with van der Waals surface area (Å²) in [5.41, 5.74) is 4.22. The van der Waals surface area contributed by atoms with Gasteiger partial charge >= 0.3 is 0 Å². The van der Waals surface area contributed by atoms with Crippen LogP contribution in [0, 0.1) is 0 Å².